The van der Waals surface area contributed by atoms with Crippen molar-refractivity contribution in [3.63, 3.8) is 0 Å². The van der Waals surface area contributed by atoms with Crippen molar-refractivity contribution in [1.29, 1.82) is 0 Å². The summed E-state index contributed by atoms with van der Waals surface area (Å²) in [6.45, 7) is 5.20. The minimum atomic E-state index is 0.0862. The Balaban J connectivity index is 2.33. The smallest absolute Gasteiger partial charge is 0.169 e. The summed E-state index contributed by atoms with van der Waals surface area (Å²) in [5.74, 6) is 0.927. The van der Waals surface area contributed by atoms with Crippen LogP contribution >= 0.6 is 31.9 Å². The highest BCUT2D eigenvalue weighted by Crippen LogP contribution is 2.29. The largest absolute Gasteiger partial charge is 0.452 e. The third-order valence-electron chi connectivity index (χ3n) is 3.01. The average molecular weight is 387 g/mol. The zero-order chi connectivity index (χ0) is 13.8. The molecule has 2 rings (SSSR count). The van der Waals surface area contributed by atoms with Crippen LogP contribution in [-0.2, 0) is 0 Å². The number of aryl methyl sites for hydroxylation is 1. The van der Waals surface area contributed by atoms with Crippen molar-refractivity contribution in [3.05, 3.63) is 56.4 Å². The molecule has 2 aromatic rings. The fourth-order valence-electron chi connectivity index (χ4n) is 1.94. The molecule has 0 radical (unpaired) electrons. The van der Waals surface area contributed by atoms with E-state index >= 15 is 0 Å². The average Bonchev–Trinajstić information content (AvgIpc) is 2.80. The normalized spacial score (nSPS) is 12.6. The van der Waals surface area contributed by atoms with Gasteiger partial charge in [-0.3, -0.25) is 0 Å². The van der Waals surface area contributed by atoms with E-state index in [1.807, 2.05) is 12.1 Å². The van der Waals surface area contributed by atoms with Crippen LogP contribution in [0.2, 0.25) is 0 Å². The molecule has 0 aliphatic rings. The second-order valence-corrected chi connectivity index (χ2v) is 6.17. The van der Waals surface area contributed by atoms with Crippen LogP contribution in [0.4, 0.5) is 0 Å². The van der Waals surface area contributed by atoms with E-state index in [0.29, 0.717) is 0 Å². The predicted octanol–water partition coefficient (Wildman–Crippen LogP) is 5.20. The first-order valence-corrected chi connectivity index (χ1v) is 7.95. The van der Waals surface area contributed by atoms with Crippen molar-refractivity contribution in [2.24, 2.45) is 0 Å². The summed E-state index contributed by atoms with van der Waals surface area (Å²) in [5.41, 5.74) is 2.44. The summed E-state index contributed by atoms with van der Waals surface area (Å²) in [5, 5.41) is 3.53. The quantitative estimate of drug-likeness (QED) is 0.763. The van der Waals surface area contributed by atoms with Gasteiger partial charge in [0.2, 0.25) is 0 Å². The first-order chi connectivity index (χ1) is 9.11. The van der Waals surface area contributed by atoms with E-state index < -0.39 is 0 Å². The van der Waals surface area contributed by atoms with Gasteiger partial charge in [-0.15, -0.1) is 0 Å². The Bertz CT molecular complexity index is 551. The third-order valence-corrected chi connectivity index (χ3v) is 4.29. The Labute approximate surface area is 130 Å². The Kier molecular flexibility index (Phi) is 5.25. The van der Waals surface area contributed by atoms with E-state index in [2.05, 4.69) is 69.2 Å². The van der Waals surface area contributed by atoms with E-state index in [9.17, 15) is 0 Å². The second kappa shape index (κ2) is 6.73. The maximum Gasteiger partial charge on any atom is 0.169 e. The van der Waals surface area contributed by atoms with Crippen molar-refractivity contribution in [1.82, 2.24) is 5.32 Å². The van der Waals surface area contributed by atoms with Crippen LogP contribution < -0.4 is 5.32 Å². The number of rotatable bonds is 5. The molecule has 0 aliphatic carbocycles. The van der Waals surface area contributed by atoms with Gasteiger partial charge in [0.1, 0.15) is 5.76 Å². The molecule has 0 saturated heterocycles. The van der Waals surface area contributed by atoms with E-state index in [0.717, 1.165) is 27.9 Å². The lowest BCUT2D eigenvalue weighted by atomic mass is 10.0. The van der Waals surface area contributed by atoms with Crippen LogP contribution in [0.1, 0.15) is 36.3 Å². The van der Waals surface area contributed by atoms with Crippen LogP contribution in [0.3, 0.4) is 0 Å². The standard InChI is InChI=1S/C15H17Br2NO/c1-3-8-18-15(13-6-7-14(17)19-13)11-5-4-10(2)12(16)9-11/h4-7,9,15,18H,3,8H2,1-2H3. The second-order valence-electron chi connectivity index (χ2n) is 4.54. The lowest BCUT2D eigenvalue weighted by Gasteiger charge is -2.17. The summed E-state index contributed by atoms with van der Waals surface area (Å²) in [6.07, 6.45) is 1.09. The first kappa shape index (κ1) is 14.8. The molecular formula is C15H17Br2NO. The fraction of sp³-hybridized carbons (Fsp3) is 0.333. The monoisotopic (exact) mass is 385 g/mol. The molecule has 2 nitrogen and oxygen atoms in total. The summed E-state index contributed by atoms with van der Waals surface area (Å²) >= 11 is 6.96. The van der Waals surface area contributed by atoms with Crippen molar-refractivity contribution in [3.8, 4) is 0 Å². The Hall–Kier alpha value is -0.580. The Morgan fingerprint density at radius 2 is 2.00 bits per heavy atom. The van der Waals surface area contributed by atoms with Crippen LogP contribution in [0.15, 0.2) is 43.9 Å². The lowest BCUT2D eigenvalue weighted by molar-refractivity contribution is 0.433. The van der Waals surface area contributed by atoms with E-state index in [1.54, 1.807) is 0 Å². The summed E-state index contributed by atoms with van der Waals surface area (Å²) in [4.78, 5) is 0. The van der Waals surface area contributed by atoms with Crippen LogP contribution in [0.5, 0.6) is 0 Å². The molecule has 1 heterocycles. The van der Waals surface area contributed by atoms with Crippen LogP contribution in [0.25, 0.3) is 0 Å². The molecule has 0 saturated carbocycles. The highest BCUT2D eigenvalue weighted by molar-refractivity contribution is 9.10. The zero-order valence-corrected chi connectivity index (χ0v) is 14.2. The van der Waals surface area contributed by atoms with Gasteiger partial charge >= 0.3 is 0 Å². The molecule has 1 aromatic heterocycles. The molecule has 19 heavy (non-hydrogen) atoms. The molecule has 102 valence electrons. The number of hydrogen-bond acceptors (Lipinski definition) is 2. The topological polar surface area (TPSA) is 25.2 Å². The number of hydrogen-bond donors (Lipinski definition) is 1. The number of furan rings is 1. The molecule has 1 aromatic carbocycles. The first-order valence-electron chi connectivity index (χ1n) is 6.36. The predicted molar refractivity (Wildman–Crippen MR) is 85.4 cm³/mol. The maximum atomic E-state index is 5.71. The molecule has 1 N–H and O–H groups in total. The zero-order valence-electron chi connectivity index (χ0n) is 11.0. The van der Waals surface area contributed by atoms with Gasteiger partial charge in [-0.2, -0.15) is 0 Å². The highest BCUT2D eigenvalue weighted by atomic mass is 79.9. The van der Waals surface area contributed by atoms with Gasteiger partial charge < -0.3 is 9.73 Å². The van der Waals surface area contributed by atoms with E-state index in [1.165, 1.54) is 11.1 Å². The fourth-order valence-corrected chi connectivity index (χ4v) is 2.66. The molecule has 0 fully saturated rings. The minimum Gasteiger partial charge on any atom is -0.452 e. The third kappa shape index (κ3) is 3.71. The Morgan fingerprint density at radius 1 is 1.21 bits per heavy atom. The molecule has 0 amide bonds. The number of halogens is 2. The van der Waals surface area contributed by atoms with Gasteiger partial charge in [-0.1, -0.05) is 35.0 Å². The van der Waals surface area contributed by atoms with Crippen molar-refractivity contribution in [2.45, 2.75) is 26.3 Å². The van der Waals surface area contributed by atoms with Crippen LogP contribution in [0, 0.1) is 6.92 Å². The molecule has 1 unspecified atom stereocenters. The van der Waals surface area contributed by atoms with Gasteiger partial charge in [0, 0.05) is 4.47 Å². The van der Waals surface area contributed by atoms with Gasteiger partial charge in [0.05, 0.1) is 6.04 Å². The minimum absolute atomic E-state index is 0.0862. The number of nitrogens with one attached hydrogen (secondary N) is 1. The number of benzene rings is 1. The highest BCUT2D eigenvalue weighted by Gasteiger charge is 2.17. The van der Waals surface area contributed by atoms with Gasteiger partial charge in [0.15, 0.2) is 4.67 Å². The lowest BCUT2D eigenvalue weighted by Crippen LogP contribution is -2.22. The SMILES string of the molecule is CCCNC(c1ccc(C)c(Br)c1)c1ccc(Br)o1. The summed E-state index contributed by atoms with van der Waals surface area (Å²) < 4.78 is 7.59. The molecule has 0 bridgehead atoms. The molecule has 4 heteroatoms. The van der Waals surface area contributed by atoms with Crippen molar-refractivity contribution in [2.75, 3.05) is 6.54 Å². The van der Waals surface area contributed by atoms with Gasteiger partial charge in [0.25, 0.3) is 0 Å². The van der Waals surface area contributed by atoms with E-state index in [4.69, 9.17) is 4.42 Å². The molecule has 1 atom stereocenters. The van der Waals surface area contributed by atoms with E-state index in [-0.39, 0.29) is 6.04 Å². The van der Waals surface area contributed by atoms with Gasteiger partial charge in [-0.25, -0.2) is 0 Å². The maximum absolute atomic E-state index is 5.71. The molecule has 0 spiro atoms. The Morgan fingerprint density at radius 3 is 2.58 bits per heavy atom. The van der Waals surface area contributed by atoms with Crippen molar-refractivity contribution >= 4 is 31.9 Å². The molecule has 0 aliphatic heterocycles. The van der Waals surface area contributed by atoms with Crippen LogP contribution in [-0.4, -0.2) is 6.54 Å². The summed E-state index contributed by atoms with van der Waals surface area (Å²) in [6, 6.07) is 10.4. The van der Waals surface area contributed by atoms with Gasteiger partial charge in [-0.05, 0) is 65.1 Å². The van der Waals surface area contributed by atoms with Crippen molar-refractivity contribution < 1.29 is 4.42 Å². The summed E-state index contributed by atoms with van der Waals surface area (Å²) in [7, 11) is 0. The molecular weight excluding hydrogens is 370 g/mol.